The Labute approximate surface area is 152 Å². The number of nitrogens with one attached hydrogen (secondary N) is 1. The van der Waals surface area contributed by atoms with Gasteiger partial charge >= 0.3 is 0 Å². The third-order valence-electron chi connectivity index (χ3n) is 6.58. The van der Waals surface area contributed by atoms with Crippen LogP contribution in [0.15, 0.2) is 18.2 Å². The number of hydrogen-bond acceptors (Lipinski definition) is 6. The highest BCUT2D eigenvalue weighted by molar-refractivity contribution is 5.64. The van der Waals surface area contributed by atoms with Crippen molar-refractivity contribution in [3.63, 3.8) is 0 Å². The Hall–Kier alpha value is -2.17. The number of ether oxygens (including phenoxy) is 2. The minimum absolute atomic E-state index is 0.00339. The highest BCUT2D eigenvalue weighted by Crippen LogP contribution is 2.68. The first-order valence-corrected chi connectivity index (χ1v) is 9.11. The lowest BCUT2D eigenvalue weighted by Crippen LogP contribution is -2.50. The molecule has 2 saturated carbocycles. The van der Waals surface area contributed by atoms with Gasteiger partial charge in [0.25, 0.3) is 5.69 Å². The number of nitriles is 1. The van der Waals surface area contributed by atoms with Crippen LogP contribution >= 0.6 is 0 Å². The Morgan fingerprint density at radius 3 is 2.58 bits per heavy atom. The van der Waals surface area contributed by atoms with Crippen LogP contribution in [0.5, 0.6) is 0 Å². The Balaban J connectivity index is 1.58. The molecule has 1 N–H and O–H groups in total. The summed E-state index contributed by atoms with van der Waals surface area (Å²) in [6, 6.07) is 6.47. The fourth-order valence-electron chi connectivity index (χ4n) is 4.80. The van der Waals surface area contributed by atoms with Gasteiger partial charge in [0.05, 0.1) is 29.8 Å². The van der Waals surface area contributed by atoms with Crippen molar-refractivity contribution < 1.29 is 14.4 Å². The Bertz CT molecular complexity index is 777. The first-order valence-electron chi connectivity index (χ1n) is 9.11. The van der Waals surface area contributed by atoms with Crippen LogP contribution in [0.4, 0.5) is 11.4 Å². The molecule has 2 aliphatic carbocycles. The molecule has 26 heavy (non-hydrogen) atoms. The van der Waals surface area contributed by atoms with Crippen molar-refractivity contribution in [2.75, 3.05) is 25.1 Å². The van der Waals surface area contributed by atoms with Gasteiger partial charge in [-0.15, -0.1) is 0 Å². The fourth-order valence-corrected chi connectivity index (χ4v) is 4.80. The van der Waals surface area contributed by atoms with E-state index in [1.807, 2.05) is 6.07 Å². The van der Waals surface area contributed by atoms with Gasteiger partial charge in [-0.05, 0) is 42.2 Å². The molecular formula is C19H23N3O4. The molecule has 0 bridgehead atoms. The lowest BCUT2D eigenvalue weighted by Gasteiger charge is -2.49. The first-order chi connectivity index (χ1) is 12.4. The average molecular weight is 357 g/mol. The van der Waals surface area contributed by atoms with E-state index in [1.54, 1.807) is 6.07 Å². The smallest absolute Gasteiger partial charge is 0.292 e. The molecule has 1 heterocycles. The van der Waals surface area contributed by atoms with E-state index in [0.29, 0.717) is 31.0 Å². The second-order valence-corrected chi connectivity index (χ2v) is 8.08. The third-order valence-corrected chi connectivity index (χ3v) is 6.58. The predicted octanol–water partition coefficient (Wildman–Crippen LogP) is 3.59. The van der Waals surface area contributed by atoms with Crippen LogP contribution in [0.2, 0.25) is 0 Å². The number of benzene rings is 1. The van der Waals surface area contributed by atoms with Crippen molar-refractivity contribution in [2.45, 2.75) is 44.8 Å². The van der Waals surface area contributed by atoms with Crippen LogP contribution in [0.1, 0.15) is 44.6 Å². The summed E-state index contributed by atoms with van der Waals surface area (Å²) < 4.78 is 11.9. The minimum atomic E-state index is -0.495. The first kappa shape index (κ1) is 17.3. The highest BCUT2D eigenvalue weighted by atomic mass is 16.7. The van der Waals surface area contributed by atoms with Crippen LogP contribution in [-0.2, 0) is 9.47 Å². The molecule has 0 aromatic heterocycles. The molecule has 0 radical (unpaired) electrons. The molecule has 1 atom stereocenters. The normalized spacial score (nSPS) is 28.0. The Kier molecular flexibility index (Phi) is 3.94. The summed E-state index contributed by atoms with van der Waals surface area (Å²) in [5.74, 6) is -0.495. The topological polar surface area (TPSA) is 97.4 Å². The number of nitrogens with zero attached hydrogens (tertiary/aromatic N) is 2. The molecule has 138 valence electrons. The second-order valence-electron chi connectivity index (χ2n) is 8.08. The minimum Gasteiger partial charge on any atom is -0.379 e. The van der Waals surface area contributed by atoms with Crippen LogP contribution in [0, 0.1) is 32.3 Å². The molecule has 1 aromatic carbocycles. The quantitative estimate of drug-likeness (QED) is 0.653. The van der Waals surface area contributed by atoms with E-state index in [2.05, 4.69) is 12.2 Å². The Morgan fingerprint density at radius 2 is 1.96 bits per heavy atom. The van der Waals surface area contributed by atoms with Gasteiger partial charge in [-0.3, -0.25) is 10.1 Å². The van der Waals surface area contributed by atoms with Crippen LogP contribution < -0.4 is 5.32 Å². The molecule has 2 spiro atoms. The molecule has 1 aromatic rings. The number of rotatable bonds is 4. The molecule has 7 heteroatoms. The zero-order valence-electron chi connectivity index (χ0n) is 14.9. The summed E-state index contributed by atoms with van der Waals surface area (Å²) in [7, 11) is 0. The SMILES string of the molecule is CC1(CNc2cc(C#N)ccc2[N+](=O)[O-])CC2(CCC13CC3)OCCO2. The third kappa shape index (κ3) is 2.74. The average Bonchev–Trinajstić information content (AvgIpc) is 3.30. The van der Waals surface area contributed by atoms with Gasteiger partial charge in [-0.2, -0.15) is 5.26 Å². The van der Waals surface area contributed by atoms with Crippen LogP contribution in [0.3, 0.4) is 0 Å². The fraction of sp³-hybridized carbons (Fsp3) is 0.632. The zero-order chi connectivity index (χ0) is 18.4. The molecular weight excluding hydrogens is 334 g/mol. The molecule has 1 aliphatic heterocycles. The number of nitro groups is 1. The summed E-state index contributed by atoms with van der Waals surface area (Å²) in [5, 5.41) is 23.7. The van der Waals surface area contributed by atoms with Gasteiger partial charge in [-0.1, -0.05) is 6.92 Å². The van der Waals surface area contributed by atoms with Gasteiger partial charge in [0, 0.05) is 25.5 Å². The molecule has 4 rings (SSSR count). The lowest BCUT2D eigenvalue weighted by atomic mass is 9.62. The highest BCUT2D eigenvalue weighted by Gasteiger charge is 2.63. The van der Waals surface area contributed by atoms with E-state index < -0.39 is 10.7 Å². The largest absolute Gasteiger partial charge is 0.379 e. The predicted molar refractivity (Wildman–Crippen MR) is 94.6 cm³/mol. The number of hydrogen-bond donors (Lipinski definition) is 1. The van der Waals surface area contributed by atoms with E-state index >= 15 is 0 Å². The zero-order valence-corrected chi connectivity index (χ0v) is 14.9. The molecule has 3 fully saturated rings. The van der Waals surface area contributed by atoms with Gasteiger partial charge in [0.15, 0.2) is 5.79 Å². The summed E-state index contributed by atoms with van der Waals surface area (Å²) in [5.41, 5.74) is 0.996. The maximum absolute atomic E-state index is 11.3. The molecule has 7 nitrogen and oxygen atoms in total. The van der Waals surface area contributed by atoms with E-state index in [4.69, 9.17) is 14.7 Å². The lowest BCUT2D eigenvalue weighted by molar-refractivity contribution is -0.384. The summed E-state index contributed by atoms with van der Waals surface area (Å²) in [6.45, 7) is 4.09. The summed E-state index contributed by atoms with van der Waals surface area (Å²) >= 11 is 0. The number of anilines is 1. The molecule has 1 unspecified atom stereocenters. The van der Waals surface area contributed by atoms with Gasteiger partial charge in [0.2, 0.25) is 0 Å². The van der Waals surface area contributed by atoms with E-state index in [0.717, 1.165) is 19.3 Å². The second kappa shape index (κ2) is 5.93. The molecule has 1 saturated heterocycles. The van der Waals surface area contributed by atoms with Gasteiger partial charge in [0.1, 0.15) is 5.69 Å². The van der Waals surface area contributed by atoms with Crippen molar-refractivity contribution in [1.29, 1.82) is 5.26 Å². The maximum atomic E-state index is 11.3. The van der Waals surface area contributed by atoms with Crippen molar-refractivity contribution in [3.05, 3.63) is 33.9 Å². The van der Waals surface area contributed by atoms with E-state index in [-0.39, 0.29) is 16.5 Å². The van der Waals surface area contributed by atoms with Crippen LogP contribution in [0.25, 0.3) is 0 Å². The molecule has 0 amide bonds. The summed E-state index contributed by atoms with van der Waals surface area (Å²) in [4.78, 5) is 10.9. The van der Waals surface area contributed by atoms with Crippen molar-refractivity contribution in [2.24, 2.45) is 10.8 Å². The maximum Gasteiger partial charge on any atom is 0.292 e. The van der Waals surface area contributed by atoms with Crippen molar-refractivity contribution in [3.8, 4) is 6.07 Å². The van der Waals surface area contributed by atoms with E-state index in [9.17, 15) is 10.1 Å². The monoisotopic (exact) mass is 357 g/mol. The molecule has 3 aliphatic rings. The Morgan fingerprint density at radius 1 is 1.27 bits per heavy atom. The van der Waals surface area contributed by atoms with E-state index in [1.165, 1.54) is 25.0 Å². The van der Waals surface area contributed by atoms with Crippen molar-refractivity contribution >= 4 is 11.4 Å². The van der Waals surface area contributed by atoms with Gasteiger partial charge in [-0.25, -0.2) is 0 Å². The van der Waals surface area contributed by atoms with Crippen molar-refractivity contribution in [1.82, 2.24) is 0 Å². The summed E-state index contributed by atoms with van der Waals surface area (Å²) in [6.07, 6.45) is 5.14. The van der Waals surface area contributed by atoms with Crippen LogP contribution in [-0.4, -0.2) is 30.5 Å². The standard InChI is InChI=1S/C19H23N3O4/c1-17(12-19(25-8-9-26-19)7-6-18(17)4-5-18)13-21-15-10-14(11-20)2-3-16(15)22(23)24/h2-3,10,21H,4-9,12-13H2,1H3. The van der Waals surface area contributed by atoms with Gasteiger partial charge < -0.3 is 14.8 Å². The number of nitro benzene ring substituents is 1.